The normalized spacial score (nSPS) is 26.3. The molecule has 9 heteroatoms. The summed E-state index contributed by atoms with van der Waals surface area (Å²) in [5.74, 6) is 0.0885. The lowest BCUT2D eigenvalue weighted by molar-refractivity contribution is -0.0547. The lowest BCUT2D eigenvalue weighted by Crippen LogP contribution is -2.29. The monoisotopic (exact) mass is 271 g/mol. The largest absolute Gasteiger partial charge is 0.505 e. The van der Waals surface area contributed by atoms with Gasteiger partial charge in [-0.1, -0.05) is 0 Å². The van der Waals surface area contributed by atoms with Crippen LogP contribution in [-0.2, 0) is 9.47 Å². The summed E-state index contributed by atoms with van der Waals surface area (Å²) in [6.45, 7) is -0.301. The number of aromatic nitrogens is 2. The van der Waals surface area contributed by atoms with Crippen molar-refractivity contribution >= 4 is 12.0 Å². The molecule has 0 radical (unpaired) electrons. The molecule has 0 aliphatic carbocycles. The van der Waals surface area contributed by atoms with Gasteiger partial charge in [0.1, 0.15) is 24.8 Å². The molecular weight excluding hydrogens is 258 g/mol. The Morgan fingerprint density at radius 1 is 1.68 bits per heavy atom. The van der Waals surface area contributed by atoms with Crippen molar-refractivity contribution in [3.05, 3.63) is 22.7 Å². The molecule has 19 heavy (non-hydrogen) atoms. The van der Waals surface area contributed by atoms with Gasteiger partial charge in [0.2, 0.25) is 0 Å². The number of aliphatic hydroxyl groups is 1. The second-order valence-corrected chi connectivity index (χ2v) is 4.05. The summed E-state index contributed by atoms with van der Waals surface area (Å²) < 4.78 is 10.9. The Balaban J connectivity index is 2.07. The molecule has 1 aromatic heterocycles. The summed E-state index contributed by atoms with van der Waals surface area (Å²) in [5, 5.41) is 18.1. The van der Waals surface area contributed by atoms with Crippen molar-refractivity contribution < 1.29 is 24.5 Å². The van der Waals surface area contributed by atoms with Crippen molar-refractivity contribution in [3.63, 3.8) is 0 Å². The van der Waals surface area contributed by atoms with Crippen LogP contribution in [0.25, 0.3) is 0 Å². The molecule has 1 aromatic rings. The topological polar surface area (TPSA) is 137 Å². The van der Waals surface area contributed by atoms with Crippen LogP contribution in [-0.4, -0.2) is 44.7 Å². The Bertz CT molecular complexity index is 530. The zero-order valence-electron chi connectivity index (χ0n) is 9.80. The molecule has 1 fully saturated rings. The first-order valence-corrected chi connectivity index (χ1v) is 5.51. The minimum Gasteiger partial charge on any atom is -0.450 e. The zero-order valence-corrected chi connectivity index (χ0v) is 9.80. The third-order valence-electron chi connectivity index (χ3n) is 2.74. The maximum absolute atomic E-state index is 11.6. The Kier molecular flexibility index (Phi) is 3.67. The summed E-state index contributed by atoms with van der Waals surface area (Å²) in [7, 11) is 0. The first-order chi connectivity index (χ1) is 8.97. The van der Waals surface area contributed by atoms with Crippen molar-refractivity contribution in [1.29, 1.82) is 0 Å². The van der Waals surface area contributed by atoms with Crippen LogP contribution in [0.1, 0.15) is 12.6 Å². The predicted molar refractivity (Wildman–Crippen MR) is 61.4 cm³/mol. The molecule has 0 aromatic carbocycles. The number of anilines is 1. The van der Waals surface area contributed by atoms with Gasteiger partial charge in [0.15, 0.2) is 0 Å². The van der Waals surface area contributed by atoms with Crippen LogP contribution in [0.3, 0.4) is 0 Å². The number of hydrogen-bond donors (Lipinski definition) is 3. The number of carbonyl (C=O) groups is 1. The van der Waals surface area contributed by atoms with Gasteiger partial charge >= 0.3 is 11.8 Å². The molecular formula is C10H13N3O6. The predicted octanol–water partition coefficient (Wildman–Crippen LogP) is -0.832. The van der Waals surface area contributed by atoms with Crippen LogP contribution in [0.15, 0.2) is 17.1 Å². The molecule has 9 nitrogen and oxygen atoms in total. The molecule has 0 unspecified atom stereocenters. The van der Waals surface area contributed by atoms with Gasteiger partial charge in [-0.2, -0.15) is 4.98 Å². The van der Waals surface area contributed by atoms with Gasteiger partial charge in [0.25, 0.3) is 0 Å². The van der Waals surface area contributed by atoms with Crippen LogP contribution in [0.5, 0.6) is 0 Å². The van der Waals surface area contributed by atoms with E-state index in [4.69, 9.17) is 15.6 Å². The molecule has 1 aliphatic rings. The van der Waals surface area contributed by atoms with Crippen molar-refractivity contribution in [2.75, 3.05) is 12.3 Å². The van der Waals surface area contributed by atoms with Crippen molar-refractivity contribution in [2.45, 2.75) is 24.9 Å². The van der Waals surface area contributed by atoms with E-state index < -0.39 is 30.3 Å². The van der Waals surface area contributed by atoms with Crippen molar-refractivity contribution in [3.8, 4) is 0 Å². The second-order valence-electron chi connectivity index (χ2n) is 4.05. The lowest BCUT2D eigenvalue weighted by Gasteiger charge is -2.15. The van der Waals surface area contributed by atoms with E-state index in [1.54, 1.807) is 0 Å². The lowest BCUT2D eigenvalue weighted by atomic mass is 10.2. The number of nitrogens with two attached hydrogens (primary N) is 1. The molecule has 0 spiro atoms. The van der Waals surface area contributed by atoms with Crippen molar-refractivity contribution in [2.24, 2.45) is 0 Å². The first kappa shape index (κ1) is 13.3. The van der Waals surface area contributed by atoms with E-state index in [2.05, 4.69) is 9.72 Å². The number of rotatable bonds is 3. The molecule has 4 N–H and O–H groups in total. The fraction of sp³-hybridized carbons (Fsp3) is 0.500. The van der Waals surface area contributed by atoms with Gasteiger partial charge in [-0.15, -0.1) is 0 Å². The highest BCUT2D eigenvalue weighted by Gasteiger charge is 2.36. The quantitative estimate of drug-likeness (QED) is 0.606. The maximum Gasteiger partial charge on any atom is 0.505 e. The van der Waals surface area contributed by atoms with E-state index in [-0.39, 0.29) is 18.8 Å². The minimum atomic E-state index is -1.45. The SMILES string of the molecule is Nc1ccn([C@H]2C[C@H](O)[C@@H](COC(=O)O)O2)c(=O)n1. The van der Waals surface area contributed by atoms with E-state index in [0.717, 1.165) is 0 Å². The smallest absolute Gasteiger partial charge is 0.450 e. The fourth-order valence-corrected chi connectivity index (χ4v) is 1.83. The van der Waals surface area contributed by atoms with Crippen LogP contribution in [0.4, 0.5) is 10.6 Å². The number of aliphatic hydroxyl groups excluding tert-OH is 1. The molecule has 104 valence electrons. The summed E-state index contributed by atoms with van der Waals surface area (Å²) in [6, 6.07) is 1.43. The zero-order chi connectivity index (χ0) is 14.0. The highest BCUT2D eigenvalue weighted by atomic mass is 16.7. The molecule has 1 saturated heterocycles. The van der Waals surface area contributed by atoms with Gasteiger partial charge in [-0.3, -0.25) is 4.57 Å². The van der Waals surface area contributed by atoms with Gasteiger partial charge in [0, 0.05) is 12.6 Å². The number of nitrogens with zero attached hydrogens (tertiary/aromatic N) is 2. The summed E-state index contributed by atoms with van der Waals surface area (Å²) in [4.78, 5) is 25.4. The summed E-state index contributed by atoms with van der Waals surface area (Å²) in [5.41, 5.74) is 4.76. The molecule has 1 aliphatic heterocycles. The maximum atomic E-state index is 11.6. The molecule has 0 amide bonds. The third kappa shape index (κ3) is 3.01. The van der Waals surface area contributed by atoms with E-state index in [1.807, 2.05) is 0 Å². The number of ether oxygens (including phenoxy) is 2. The van der Waals surface area contributed by atoms with Crippen LogP contribution >= 0.6 is 0 Å². The second kappa shape index (κ2) is 5.24. The molecule has 2 rings (SSSR count). The molecule has 3 atom stereocenters. The van der Waals surface area contributed by atoms with E-state index in [9.17, 15) is 14.7 Å². The Labute approximate surface area is 107 Å². The molecule has 2 heterocycles. The highest BCUT2D eigenvalue weighted by Crippen LogP contribution is 2.27. The summed E-state index contributed by atoms with van der Waals surface area (Å²) >= 11 is 0. The Hall–Kier alpha value is -2.13. The van der Waals surface area contributed by atoms with Gasteiger partial charge in [-0.25, -0.2) is 9.59 Å². The van der Waals surface area contributed by atoms with Crippen molar-refractivity contribution in [1.82, 2.24) is 9.55 Å². The number of nitrogen functional groups attached to an aromatic ring is 1. The van der Waals surface area contributed by atoms with E-state index >= 15 is 0 Å². The van der Waals surface area contributed by atoms with Crippen LogP contribution in [0, 0.1) is 0 Å². The highest BCUT2D eigenvalue weighted by molar-refractivity contribution is 5.56. The minimum absolute atomic E-state index is 0.0885. The first-order valence-electron chi connectivity index (χ1n) is 5.51. The van der Waals surface area contributed by atoms with Crippen LogP contribution in [0.2, 0.25) is 0 Å². The standard InChI is InChI=1S/C10H13N3O6/c11-7-1-2-13(9(15)12-7)8-3-5(14)6(19-8)4-18-10(16)17/h1-2,5-6,8,14H,3-4H2,(H,16,17)(H2,11,12,15)/t5-,6+,8+/m0/s1. The Morgan fingerprint density at radius 2 is 2.42 bits per heavy atom. The van der Waals surface area contributed by atoms with Gasteiger partial charge < -0.3 is 25.4 Å². The number of hydrogen-bond acceptors (Lipinski definition) is 7. The van der Waals surface area contributed by atoms with Gasteiger partial charge in [-0.05, 0) is 6.07 Å². The van der Waals surface area contributed by atoms with E-state index in [1.165, 1.54) is 16.8 Å². The summed E-state index contributed by atoms with van der Waals surface area (Å²) in [6.07, 6.45) is -2.37. The Morgan fingerprint density at radius 3 is 3.05 bits per heavy atom. The molecule has 0 bridgehead atoms. The fourth-order valence-electron chi connectivity index (χ4n) is 1.83. The van der Waals surface area contributed by atoms with E-state index in [0.29, 0.717) is 0 Å². The molecule has 0 saturated carbocycles. The average molecular weight is 271 g/mol. The third-order valence-corrected chi connectivity index (χ3v) is 2.74. The average Bonchev–Trinajstić information content (AvgIpc) is 2.67. The number of carboxylic acid groups (broad SMARTS) is 1. The van der Waals surface area contributed by atoms with Crippen LogP contribution < -0.4 is 11.4 Å². The van der Waals surface area contributed by atoms with Gasteiger partial charge in [0.05, 0.1) is 6.10 Å².